The minimum Gasteiger partial charge on any atom is -0.379 e. The largest absolute Gasteiger partial charge is 0.379 e. The van der Waals surface area contributed by atoms with Crippen LogP contribution < -0.4 is 10.6 Å². The fraction of sp³-hybridized carbons (Fsp3) is 0.353. The standard InChI is InChI=1S/C17H19N3O2/c1-11-16(22-8-7-21-11)12-4-5-14-15(9-12)19-10-13-3-2-6-18-17(13)20-14/h2-6,9,11,16,19H,7-8,10H2,1H3,(H,18,20)/t11-,16-/m0/s1. The Kier molecular flexibility index (Phi) is 3.44. The molecule has 5 nitrogen and oxygen atoms in total. The summed E-state index contributed by atoms with van der Waals surface area (Å²) in [6, 6.07) is 10.3. The van der Waals surface area contributed by atoms with Gasteiger partial charge in [-0.05, 0) is 30.7 Å². The molecule has 0 spiro atoms. The first-order valence-electron chi connectivity index (χ1n) is 7.63. The van der Waals surface area contributed by atoms with Crippen LogP contribution in [-0.2, 0) is 16.0 Å². The molecule has 2 atom stereocenters. The van der Waals surface area contributed by atoms with Crippen molar-refractivity contribution in [3.63, 3.8) is 0 Å². The lowest BCUT2D eigenvalue weighted by Gasteiger charge is -2.30. The normalized spacial score (nSPS) is 23.5. The lowest BCUT2D eigenvalue weighted by Crippen LogP contribution is -2.29. The highest BCUT2D eigenvalue weighted by molar-refractivity contribution is 5.77. The van der Waals surface area contributed by atoms with Crippen molar-refractivity contribution in [2.24, 2.45) is 0 Å². The first kappa shape index (κ1) is 13.5. The Morgan fingerprint density at radius 3 is 2.95 bits per heavy atom. The maximum absolute atomic E-state index is 5.87. The molecule has 0 aliphatic carbocycles. The second-order valence-corrected chi connectivity index (χ2v) is 5.66. The quantitative estimate of drug-likeness (QED) is 0.846. The van der Waals surface area contributed by atoms with Crippen LogP contribution in [0.15, 0.2) is 36.5 Å². The molecule has 4 rings (SSSR count). The summed E-state index contributed by atoms with van der Waals surface area (Å²) in [5, 5.41) is 6.88. The Hall–Kier alpha value is -2.11. The summed E-state index contributed by atoms with van der Waals surface area (Å²) in [6.07, 6.45) is 1.87. The highest BCUT2D eigenvalue weighted by atomic mass is 16.6. The van der Waals surface area contributed by atoms with Gasteiger partial charge in [0.2, 0.25) is 0 Å². The second kappa shape index (κ2) is 5.59. The molecule has 0 bridgehead atoms. The summed E-state index contributed by atoms with van der Waals surface area (Å²) in [7, 11) is 0. The average Bonchev–Trinajstić information content (AvgIpc) is 2.74. The summed E-state index contributed by atoms with van der Waals surface area (Å²) in [6.45, 7) is 4.13. The molecule has 0 radical (unpaired) electrons. The van der Waals surface area contributed by atoms with Crippen LogP contribution >= 0.6 is 0 Å². The van der Waals surface area contributed by atoms with E-state index in [0.29, 0.717) is 13.2 Å². The number of anilines is 3. The number of nitrogens with one attached hydrogen (secondary N) is 2. The number of hydrogen-bond acceptors (Lipinski definition) is 5. The van der Waals surface area contributed by atoms with Crippen molar-refractivity contribution in [2.45, 2.75) is 25.7 Å². The minimum absolute atomic E-state index is 0.00963. The van der Waals surface area contributed by atoms with Crippen molar-refractivity contribution < 1.29 is 9.47 Å². The average molecular weight is 297 g/mol. The molecule has 0 saturated carbocycles. The van der Waals surface area contributed by atoms with Crippen LogP contribution in [0.3, 0.4) is 0 Å². The van der Waals surface area contributed by atoms with E-state index < -0.39 is 0 Å². The maximum Gasteiger partial charge on any atom is 0.135 e. The number of hydrogen-bond donors (Lipinski definition) is 2. The van der Waals surface area contributed by atoms with Gasteiger partial charge in [0.05, 0.1) is 30.7 Å². The van der Waals surface area contributed by atoms with E-state index in [1.165, 1.54) is 0 Å². The van der Waals surface area contributed by atoms with Crippen LogP contribution in [0.2, 0.25) is 0 Å². The van der Waals surface area contributed by atoms with Gasteiger partial charge in [-0.25, -0.2) is 4.98 Å². The van der Waals surface area contributed by atoms with Crippen LogP contribution in [0.25, 0.3) is 0 Å². The minimum atomic E-state index is -0.00963. The third kappa shape index (κ3) is 2.42. The van der Waals surface area contributed by atoms with E-state index >= 15 is 0 Å². The zero-order valence-electron chi connectivity index (χ0n) is 12.5. The fourth-order valence-corrected chi connectivity index (χ4v) is 3.01. The van der Waals surface area contributed by atoms with Crippen molar-refractivity contribution >= 4 is 17.2 Å². The van der Waals surface area contributed by atoms with Crippen molar-refractivity contribution in [1.29, 1.82) is 0 Å². The number of ether oxygens (including phenoxy) is 2. The van der Waals surface area contributed by atoms with E-state index in [2.05, 4.69) is 46.8 Å². The predicted octanol–water partition coefficient (Wildman–Crippen LogP) is 3.23. The third-order valence-electron chi connectivity index (χ3n) is 4.17. The van der Waals surface area contributed by atoms with Crippen molar-refractivity contribution in [3.8, 4) is 0 Å². The van der Waals surface area contributed by atoms with Gasteiger partial charge in [0.1, 0.15) is 11.9 Å². The van der Waals surface area contributed by atoms with Gasteiger partial charge in [-0.2, -0.15) is 0 Å². The summed E-state index contributed by atoms with van der Waals surface area (Å²) in [5.74, 6) is 0.909. The van der Waals surface area contributed by atoms with Gasteiger partial charge in [-0.15, -0.1) is 0 Å². The lowest BCUT2D eigenvalue weighted by atomic mass is 10.0. The fourth-order valence-electron chi connectivity index (χ4n) is 3.01. The van der Waals surface area contributed by atoms with Gasteiger partial charge in [-0.1, -0.05) is 12.1 Å². The molecule has 1 fully saturated rings. The zero-order chi connectivity index (χ0) is 14.9. The van der Waals surface area contributed by atoms with E-state index in [-0.39, 0.29) is 12.2 Å². The predicted molar refractivity (Wildman–Crippen MR) is 85.4 cm³/mol. The molecular weight excluding hydrogens is 278 g/mol. The lowest BCUT2D eigenvalue weighted by molar-refractivity contribution is -0.134. The van der Waals surface area contributed by atoms with Crippen molar-refractivity contribution in [3.05, 3.63) is 47.7 Å². The van der Waals surface area contributed by atoms with E-state index in [9.17, 15) is 0 Å². The Labute approximate surface area is 129 Å². The highest BCUT2D eigenvalue weighted by Gasteiger charge is 2.25. The van der Waals surface area contributed by atoms with Gasteiger partial charge in [-0.3, -0.25) is 0 Å². The Balaban J connectivity index is 1.65. The maximum atomic E-state index is 5.87. The summed E-state index contributed by atoms with van der Waals surface area (Å²) < 4.78 is 11.6. The monoisotopic (exact) mass is 297 g/mol. The topological polar surface area (TPSA) is 55.4 Å². The third-order valence-corrected chi connectivity index (χ3v) is 4.17. The summed E-state index contributed by atoms with van der Waals surface area (Å²) in [4.78, 5) is 4.41. The molecule has 2 aromatic rings. The first-order valence-corrected chi connectivity index (χ1v) is 7.63. The second-order valence-electron chi connectivity index (χ2n) is 5.66. The van der Waals surface area contributed by atoms with E-state index in [1.807, 2.05) is 6.07 Å². The van der Waals surface area contributed by atoms with Gasteiger partial charge in [0.25, 0.3) is 0 Å². The molecule has 1 saturated heterocycles. The van der Waals surface area contributed by atoms with E-state index in [0.717, 1.165) is 34.9 Å². The molecular formula is C17H19N3O2. The van der Waals surface area contributed by atoms with Gasteiger partial charge in [0, 0.05) is 18.3 Å². The van der Waals surface area contributed by atoms with Gasteiger partial charge >= 0.3 is 0 Å². The molecule has 1 aromatic carbocycles. The van der Waals surface area contributed by atoms with E-state index in [4.69, 9.17) is 9.47 Å². The molecule has 1 aromatic heterocycles. The summed E-state index contributed by atoms with van der Waals surface area (Å²) in [5.41, 5.74) is 4.40. The number of pyridine rings is 1. The van der Waals surface area contributed by atoms with Crippen LogP contribution in [0.1, 0.15) is 24.2 Å². The SMILES string of the molecule is C[C@@H]1OCCO[C@@H]1c1ccc2c(c1)NCc1cccnc1N2. The molecule has 3 heterocycles. The number of fused-ring (bicyclic) bond motifs is 2. The first-order chi connectivity index (χ1) is 10.8. The number of nitrogens with zero attached hydrogens (tertiary/aromatic N) is 1. The Morgan fingerprint density at radius 1 is 1.14 bits per heavy atom. The van der Waals surface area contributed by atoms with Crippen LogP contribution in [-0.4, -0.2) is 24.3 Å². The molecule has 114 valence electrons. The van der Waals surface area contributed by atoms with Crippen LogP contribution in [0, 0.1) is 0 Å². The Bertz CT molecular complexity index is 689. The smallest absolute Gasteiger partial charge is 0.135 e. The molecule has 0 amide bonds. The molecule has 5 heteroatoms. The molecule has 2 aliphatic heterocycles. The van der Waals surface area contributed by atoms with Crippen molar-refractivity contribution in [1.82, 2.24) is 4.98 Å². The zero-order valence-corrected chi connectivity index (χ0v) is 12.5. The summed E-state index contributed by atoms with van der Waals surface area (Å²) >= 11 is 0. The molecule has 22 heavy (non-hydrogen) atoms. The number of rotatable bonds is 1. The van der Waals surface area contributed by atoms with Crippen molar-refractivity contribution in [2.75, 3.05) is 23.8 Å². The van der Waals surface area contributed by atoms with E-state index in [1.54, 1.807) is 6.20 Å². The van der Waals surface area contributed by atoms with Crippen LogP contribution in [0.5, 0.6) is 0 Å². The molecule has 0 unspecified atom stereocenters. The number of aromatic nitrogens is 1. The van der Waals surface area contributed by atoms with Crippen LogP contribution in [0.4, 0.5) is 17.2 Å². The Morgan fingerprint density at radius 2 is 2.05 bits per heavy atom. The molecule has 2 N–H and O–H groups in total. The van der Waals surface area contributed by atoms with Gasteiger partial charge in [0.15, 0.2) is 0 Å². The highest BCUT2D eigenvalue weighted by Crippen LogP contribution is 2.35. The number of benzene rings is 1. The molecule has 2 aliphatic rings. The van der Waals surface area contributed by atoms with Gasteiger partial charge < -0.3 is 20.1 Å².